The number of nitrogen functional groups attached to an aromatic ring is 1. The molecule has 1 amide bonds. The number of thioether (sulfide) groups is 1. The zero-order valence-electron chi connectivity index (χ0n) is 10.9. The molecule has 1 heterocycles. The first-order valence-corrected chi connectivity index (χ1v) is 7.31. The Hall–Kier alpha value is -1.74. The Morgan fingerprint density at radius 2 is 1.95 bits per heavy atom. The number of thiophene rings is 1. The maximum Gasteiger partial charge on any atom is 0.350 e. The predicted octanol–water partition coefficient (Wildman–Crippen LogP) is 0.871. The number of primary amides is 1. The van der Waals surface area contributed by atoms with Crippen LogP contribution in [0.1, 0.15) is 27.0 Å². The molecular weight excluding hydrogens is 304 g/mol. The lowest BCUT2D eigenvalue weighted by Gasteiger charge is -2.04. The van der Waals surface area contributed by atoms with E-state index in [-0.39, 0.29) is 28.5 Å². The Morgan fingerprint density at radius 1 is 1.30 bits per heavy atom. The number of amides is 1. The van der Waals surface area contributed by atoms with E-state index in [9.17, 15) is 14.4 Å². The van der Waals surface area contributed by atoms with Gasteiger partial charge in [-0.15, -0.1) is 23.1 Å². The fraction of sp³-hybridized carbons (Fsp3) is 0.364. The van der Waals surface area contributed by atoms with Crippen LogP contribution in [0, 0.1) is 0 Å². The highest BCUT2D eigenvalue weighted by atomic mass is 32.2. The van der Waals surface area contributed by atoms with Crippen molar-refractivity contribution in [3.05, 3.63) is 10.4 Å². The molecule has 4 N–H and O–H groups in total. The van der Waals surface area contributed by atoms with Crippen LogP contribution in [0.15, 0.2) is 4.21 Å². The molecule has 1 aromatic rings. The number of nitrogens with two attached hydrogens (primary N) is 2. The van der Waals surface area contributed by atoms with Gasteiger partial charge in [-0.2, -0.15) is 0 Å². The van der Waals surface area contributed by atoms with Crippen molar-refractivity contribution in [2.45, 2.75) is 11.1 Å². The molecule has 20 heavy (non-hydrogen) atoms. The summed E-state index contributed by atoms with van der Waals surface area (Å²) in [5.74, 6) is -1.88. The average molecular weight is 318 g/mol. The van der Waals surface area contributed by atoms with Crippen molar-refractivity contribution < 1.29 is 23.9 Å². The van der Waals surface area contributed by atoms with Crippen molar-refractivity contribution in [2.24, 2.45) is 5.73 Å². The van der Waals surface area contributed by atoms with Gasteiger partial charge in [0, 0.05) is 0 Å². The van der Waals surface area contributed by atoms with E-state index < -0.39 is 17.8 Å². The molecule has 0 bridgehead atoms. The van der Waals surface area contributed by atoms with Crippen molar-refractivity contribution in [1.82, 2.24) is 0 Å². The quantitative estimate of drug-likeness (QED) is 0.589. The lowest BCUT2D eigenvalue weighted by molar-refractivity contribution is -0.115. The van der Waals surface area contributed by atoms with E-state index in [1.165, 1.54) is 7.11 Å². The van der Waals surface area contributed by atoms with E-state index in [1.807, 2.05) is 0 Å². The number of carbonyl (C=O) groups excluding carboxylic acids is 3. The summed E-state index contributed by atoms with van der Waals surface area (Å²) in [5, 5.41) is 0. The fourth-order valence-electron chi connectivity index (χ4n) is 1.30. The van der Waals surface area contributed by atoms with Gasteiger partial charge in [0.2, 0.25) is 5.91 Å². The summed E-state index contributed by atoms with van der Waals surface area (Å²) in [6.07, 6.45) is 0. The third-order valence-electron chi connectivity index (χ3n) is 2.11. The summed E-state index contributed by atoms with van der Waals surface area (Å²) in [5.41, 5.74) is 10.9. The van der Waals surface area contributed by atoms with Gasteiger partial charge in [0.1, 0.15) is 10.4 Å². The predicted molar refractivity (Wildman–Crippen MR) is 75.9 cm³/mol. The molecule has 0 unspecified atom stereocenters. The first kappa shape index (κ1) is 16.3. The molecule has 0 radical (unpaired) electrons. The number of esters is 2. The molecule has 1 rings (SSSR count). The van der Waals surface area contributed by atoms with Crippen LogP contribution in [0.4, 0.5) is 5.69 Å². The van der Waals surface area contributed by atoms with Gasteiger partial charge in [-0.3, -0.25) is 4.79 Å². The molecule has 0 fully saturated rings. The Morgan fingerprint density at radius 3 is 2.45 bits per heavy atom. The Bertz CT molecular complexity index is 541. The number of hydrogen-bond acceptors (Lipinski definition) is 8. The maximum atomic E-state index is 11.9. The summed E-state index contributed by atoms with van der Waals surface area (Å²) in [6, 6.07) is 0. The molecule has 0 atom stereocenters. The largest absolute Gasteiger partial charge is 0.465 e. The maximum absolute atomic E-state index is 11.9. The van der Waals surface area contributed by atoms with E-state index in [4.69, 9.17) is 16.2 Å². The molecular formula is C11H14N2O5S2. The van der Waals surface area contributed by atoms with Crippen molar-refractivity contribution in [3.63, 3.8) is 0 Å². The number of rotatable bonds is 6. The smallest absolute Gasteiger partial charge is 0.350 e. The van der Waals surface area contributed by atoms with Crippen LogP contribution >= 0.6 is 23.1 Å². The minimum atomic E-state index is -0.650. The van der Waals surface area contributed by atoms with Crippen LogP contribution in [0.5, 0.6) is 0 Å². The molecule has 9 heteroatoms. The first-order chi connectivity index (χ1) is 9.42. The second kappa shape index (κ2) is 7.15. The van der Waals surface area contributed by atoms with E-state index in [0.717, 1.165) is 23.1 Å². The minimum Gasteiger partial charge on any atom is -0.465 e. The normalized spacial score (nSPS) is 10.1. The van der Waals surface area contributed by atoms with Gasteiger partial charge < -0.3 is 20.9 Å². The van der Waals surface area contributed by atoms with Crippen molar-refractivity contribution in [2.75, 3.05) is 25.2 Å². The fourth-order valence-corrected chi connectivity index (χ4v) is 3.43. The third-order valence-corrected chi connectivity index (χ3v) is 4.59. The van der Waals surface area contributed by atoms with Gasteiger partial charge in [0.25, 0.3) is 0 Å². The highest BCUT2D eigenvalue weighted by Gasteiger charge is 2.27. The first-order valence-electron chi connectivity index (χ1n) is 5.51. The highest BCUT2D eigenvalue weighted by molar-refractivity contribution is 8.01. The van der Waals surface area contributed by atoms with E-state index >= 15 is 0 Å². The van der Waals surface area contributed by atoms with Crippen molar-refractivity contribution in [3.8, 4) is 0 Å². The zero-order chi connectivity index (χ0) is 15.3. The van der Waals surface area contributed by atoms with Gasteiger partial charge in [-0.1, -0.05) is 0 Å². The Kier molecular flexibility index (Phi) is 5.83. The summed E-state index contributed by atoms with van der Waals surface area (Å²) >= 11 is 2.00. The van der Waals surface area contributed by atoms with E-state index in [2.05, 4.69) is 4.74 Å². The number of carbonyl (C=O) groups is 3. The number of ether oxygens (including phenoxy) is 2. The summed E-state index contributed by atoms with van der Waals surface area (Å²) in [4.78, 5) is 34.4. The highest BCUT2D eigenvalue weighted by Crippen LogP contribution is 2.39. The van der Waals surface area contributed by atoms with Crippen LogP contribution in [0.2, 0.25) is 0 Å². The Balaban J connectivity index is 3.21. The molecule has 0 saturated heterocycles. The second-order valence-electron chi connectivity index (χ2n) is 3.47. The van der Waals surface area contributed by atoms with E-state index in [0.29, 0.717) is 4.21 Å². The van der Waals surface area contributed by atoms with Gasteiger partial charge >= 0.3 is 11.9 Å². The van der Waals surface area contributed by atoms with Crippen molar-refractivity contribution >= 4 is 46.6 Å². The van der Waals surface area contributed by atoms with Crippen LogP contribution in [-0.4, -0.2) is 37.3 Å². The van der Waals surface area contributed by atoms with Crippen LogP contribution < -0.4 is 11.5 Å². The summed E-state index contributed by atoms with van der Waals surface area (Å²) < 4.78 is 9.88. The summed E-state index contributed by atoms with van der Waals surface area (Å²) in [7, 11) is 1.21. The van der Waals surface area contributed by atoms with E-state index in [1.54, 1.807) is 6.92 Å². The second-order valence-corrected chi connectivity index (χ2v) is 5.74. The topological polar surface area (TPSA) is 122 Å². The number of methoxy groups -OCH3 is 1. The molecule has 7 nitrogen and oxygen atoms in total. The number of anilines is 1. The zero-order valence-corrected chi connectivity index (χ0v) is 12.6. The third kappa shape index (κ3) is 3.64. The average Bonchev–Trinajstić information content (AvgIpc) is 2.72. The molecule has 0 aliphatic carbocycles. The molecule has 0 spiro atoms. The Labute approximate surface area is 123 Å². The van der Waals surface area contributed by atoms with Gasteiger partial charge in [-0.05, 0) is 6.92 Å². The van der Waals surface area contributed by atoms with Gasteiger partial charge in [0.05, 0.1) is 29.4 Å². The molecule has 1 aromatic heterocycles. The lowest BCUT2D eigenvalue weighted by atomic mass is 10.2. The van der Waals surface area contributed by atoms with Crippen LogP contribution in [0.3, 0.4) is 0 Å². The molecule has 0 aromatic carbocycles. The summed E-state index contributed by atoms with van der Waals surface area (Å²) in [6.45, 7) is 1.82. The standard InChI is InChI=1S/C11H14N2O5S2/c1-3-18-9(15)6-7(13)8(10(16)17-2)20-11(6)19-4-5(12)14/h3-4,13H2,1-2H3,(H2,12,14). The van der Waals surface area contributed by atoms with Crippen LogP contribution in [-0.2, 0) is 14.3 Å². The lowest BCUT2D eigenvalue weighted by Crippen LogP contribution is -2.13. The van der Waals surface area contributed by atoms with Gasteiger partial charge in [0.15, 0.2) is 0 Å². The molecule has 0 aliphatic rings. The van der Waals surface area contributed by atoms with Gasteiger partial charge in [-0.25, -0.2) is 9.59 Å². The molecule has 0 aliphatic heterocycles. The van der Waals surface area contributed by atoms with Crippen LogP contribution in [0.25, 0.3) is 0 Å². The monoisotopic (exact) mass is 318 g/mol. The number of hydrogen-bond donors (Lipinski definition) is 2. The SMILES string of the molecule is CCOC(=O)c1c(SCC(N)=O)sc(C(=O)OC)c1N. The minimum absolute atomic E-state index is 0.00716. The van der Waals surface area contributed by atoms with Crippen molar-refractivity contribution in [1.29, 1.82) is 0 Å². The molecule has 110 valence electrons. The molecule has 0 saturated carbocycles.